The summed E-state index contributed by atoms with van der Waals surface area (Å²) in [5, 5.41) is 2.54. The van der Waals surface area contributed by atoms with E-state index in [1.807, 2.05) is 61.5 Å². The first-order valence-corrected chi connectivity index (χ1v) is 6.76. The maximum atomic E-state index is 12.0. The Morgan fingerprint density at radius 2 is 1.89 bits per heavy atom. The molecule has 0 aliphatic carbocycles. The molecule has 2 nitrogen and oxygen atoms in total. The van der Waals surface area contributed by atoms with Crippen LogP contribution in [0.3, 0.4) is 0 Å². The third-order valence-corrected chi connectivity index (χ3v) is 3.28. The number of anilines is 1. The largest absolute Gasteiger partial charge is 0.325 e. The van der Waals surface area contributed by atoms with Crippen molar-refractivity contribution in [3.63, 3.8) is 0 Å². The molecule has 2 aromatic rings. The number of carbonyl (C=O) groups excluding carboxylic acids is 1. The van der Waals surface area contributed by atoms with E-state index in [2.05, 4.69) is 17.9 Å². The third kappa shape index (κ3) is 4.14. The SMILES string of the molecule is Cc1cccc(NC(=O)C(S)Cc2ccccc2)c1. The van der Waals surface area contributed by atoms with Crippen LogP contribution in [-0.4, -0.2) is 11.2 Å². The normalized spacial score (nSPS) is 11.9. The van der Waals surface area contributed by atoms with Crippen LogP contribution in [0.25, 0.3) is 0 Å². The molecule has 1 amide bonds. The van der Waals surface area contributed by atoms with E-state index in [-0.39, 0.29) is 11.2 Å². The molecule has 0 aliphatic rings. The van der Waals surface area contributed by atoms with E-state index >= 15 is 0 Å². The van der Waals surface area contributed by atoms with Crippen LogP contribution >= 0.6 is 12.6 Å². The molecule has 0 saturated heterocycles. The Kier molecular flexibility index (Phi) is 4.63. The second-order valence-electron chi connectivity index (χ2n) is 4.56. The molecular weight excluding hydrogens is 254 g/mol. The number of amides is 1. The van der Waals surface area contributed by atoms with Gasteiger partial charge in [-0.3, -0.25) is 4.79 Å². The van der Waals surface area contributed by atoms with Gasteiger partial charge in [0.05, 0.1) is 5.25 Å². The molecule has 2 rings (SSSR count). The molecule has 0 spiro atoms. The summed E-state index contributed by atoms with van der Waals surface area (Å²) in [5.74, 6) is -0.0715. The van der Waals surface area contributed by atoms with Crippen molar-refractivity contribution in [1.29, 1.82) is 0 Å². The van der Waals surface area contributed by atoms with Crippen LogP contribution in [0.15, 0.2) is 54.6 Å². The molecule has 1 unspecified atom stereocenters. The Balaban J connectivity index is 1.96. The van der Waals surface area contributed by atoms with Gasteiger partial charge in [-0.2, -0.15) is 12.6 Å². The number of nitrogens with one attached hydrogen (secondary N) is 1. The molecule has 0 fully saturated rings. The van der Waals surface area contributed by atoms with E-state index in [0.717, 1.165) is 16.8 Å². The molecule has 0 heterocycles. The fourth-order valence-electron chi connectivity index (χ4n) is 1.88. The van der Waals surface area contributed by atoms with Crippen LogP contribution in [0, 0.1) is 6.92 Å². The van der Waals surface area contributed by atoms with Crippen molar-refractivity contribution in [3.8, 4) is 0 Å². The third-order valence-electron chi connectivity index (χ3n) is 2.86. The zero-order valence-electron chi connectivity index (χ0n) is 10.8. The lowest BCUT2D eigenvalue weighted by atomic mass is 10.1. The van der Waals surface area contributed by atoms with Gasteiger partial charge in [-0.15, -0.1) is 0 Å². The molecule has 0 aromatic heterocycles. The number of hydrogen-bond donors (Lipinski definition) is 2. The van der Waals surface area contributed by atoms with E-state index in [1.165, 1.54) is 0 Å². The van der Waals surface area contributed by atoms with Gasteiger partial charge in [0.25, 0.3) is 0 Å². The number of benzene rings is 2. The molecule has 0 saturated carbocycles. The van der Waals surface area contributed by atoms with E-state index in [0.29, 0.717) is 6.42 Å². The Labute approximate surface area is 119 Å². The molecule has 0 aliphatic heterocycles. The first-order chi connectivity index (χ1) is 9.15. The number of rotatable bonds is 4. The van der Waals surface area contributed by atoms with Gasteiger partial charge >= 0.3 is 0 Å². The zero-order chi connectivity index (χ0) is 13.7. The van der Waals surface area contributed by atoms with Gasteiger partial charge in [0.15, 0.2) is 0 Å². The Morgan fingerprint density at radius 1 is 1.16 bits per heavy atom. The van der Waals surface area contributed by atoms with Crippen molar-refractivity contribution < 1.29 is 4.79 Å². The summed E-state index contributed by atoms with van der Waals surface area (Å²) >= 11 is 4.38. The van der Waals surface area contributed by atoms with Crippen molar-refractivity contribution in [3.05, 3.63) is 65.7 Å². The molecular formula is C16H17NOS. The van der Waals surface area contributed by atoms with Gasteiger partial charge in [0.1, 0.15) is 0 Å². The summed E-state index contributed by atoms with van der Waals surface area (Å²) in [6.45, 7) is 2.00. The Morgan fingerprint density at radius 3 is 2.58 bits per heavy atom. The summed E-state index contributed by atoms with van der Waals surface area (Å²) < 4.78 is 0. The first-order valence-electron chi connectivity index (χ1n) is 6.24. The minimum Gasteiger partial charge on any atom is -0.325 e. The van der Waals surface area contributed by atoms with E-state index < -0.39 is 0 Å². The van der Waals surface area contributed by atoms with Crippen LogP contribution in [0.4, 0.5) is 5.69 Å². The maximum Gasteiger partial charge on any atom is 0.237 e. The van der Waals surface area contributed by atoms with Crippen LogP contribution in [-0.2, 0) is 11.2 Å². The highest BCUT2D eigenvalue weighted by atomic mass is 32.1. The van der Waals surface area contributed by atoms with Gasteiger partial charge in [-0.25, -0.2) is 0 Å². The summed E-state index contributed by atoms with van der Waals surface area (Å²) in [7, 11) is 0. The minimum atomic E-state index is -0.345. The van der Waals surface area contributed by atoms with Crippen LogP contribution in [0.2, 0.25) is 0 Å². The summed E-state index contributed by atoms with van der Waals surface area (Å²) in [6, 6.07) is 17.7. The van der Waals surface area contributed by atoms with E-state index in [1.54, 1.807) is 0 Å². The van der Waals surface area contributed by atoms with Crippen molar-refractivity contribution in [2.24, 2.45) is 0 Å². The lowest BCUT2D eigenvalue weighted by Gasteiger charge is -2.12. The lowest BCUT2D eigenvalue weighted by molar-refractivity contribution is -0.115. The Hall–Kier alpha value is -1.74. The molecule has 0 radical (unpaired) electrons. The van der Waals surface area contributed by atoms with Crippen LogP contribution < -0.4 is 5.32 Å². The first kappa shape index (κ1) is 13.7. The monoisotopic (exact) mass is 271 g/mol. The van der Waals surface area contributed by atoms with Crippen molar-refractivity contribution in [2.45, 2.75) is 18.6 Å². The molecule has 1 atom stereocenters. The highest BCUT2D eigenvalue weighted by Crippen LogP contribution is 2.13. The van der Waals surface area contributed by atoms with Crippen LogP contribution in [0.5, 0.6) is 0 Å². The molecule has 0 bridgehead atoms. The maximum absolute atomic E-state index is 12.0. The molecule has 3 heteroatoms. The number of aryl methyl sites for hydroxylation is 1. The van der Waals surface area contributed by atoms with Crippen molar-refractivity contribution in [2.75, 3.05) is 5.32 Å². The smallest absolute Gasteiger partial charge is 0.237 e. The standard InChI is InChI=1S/C16H17NOS/c1-12-6-5-9-14(10-12)17-16(18)15(19)11-13-7-3-2-4-8-13/h2-10,15,19H,11H2,1H3,(H,17,18). The fourth-order valence-corrected chi connectivity index (χ4v) is 2.15. The average molecular weight is 271 g/mol. The van der Waals surface area contributed by atoms with E-state index in [4.69, 9.17) is 0 Å². The van der Waals surface area contributed by atoms with E-state index in [9.17, 15) is 4.79 Å². The summed E-state index contributed by atoms with van der Waals surface area (Å²) in [4.78, 5) is 12.0. The zero-order valence-corrected chi connectivity index (χ0v) is 11.7. The molecule has 19 heavy (non-hydrogen) atoms. The highest BCUT2D eigenvalue weighted by Gasteiger charge is 2.14. The average Bonchev–Trinajstić information content (AvgIpc) is 2.40. The lowest BCUT2D eigenvalue weighted by Crippen LogP contribution is -2.25. The van der Waals surface area contributed by atoms with Crippen LogP contribution in [0.1, 0.15) is 11.1 Å². The minimum absolute atomic E-state index is 0.0715. The molecule has 98 valence electrons. The van der Waals surface area contributed by atoms with Gasteiger partial charge in [-0.1, -0.05) is 42.5 Å². The molecule has 1 N–H and O–H groups in total. The molecule has 2 aromatic carbocycles. The topological polar surface area (TPSA) is 29.1 Å². The fraction of sp³-hybridized carbons (Fsp3) is 0.188. The van der Waals surface area contributed by atoms with Gasteiger partial charge in [0.2, 0.25) is 5.91 Å². The van der Waals surface area contributed by atoms with Gasteiger partial charge in [0, 0.05) is 5.69 Å². The second kappa shape index (κ2) is 6.43. The second-order valence-corrected chi connectivity index (χ2v) is 5.19. The number of hydrogen-bond acceptors (Lipinski definition) is 2. The highest BCUT2D eigenvalue weighted by molar-refractivity contribution is 7.81. The van der Waals surface area contributed by atoms with Crippen molar-refractivity contribution in [1.82, 2.24) is 0 Å². The number of thiol groups is 1. The van der Waals surface area contributed by atoms with Gasteiger partial charge in [-0.05, 0) is 36.6 Å². The predicted octanol–water partition coefficient (Wildman–Crippen LogP) is 3.47. The Bertz CT molecular complexity index is 554. The summed E-state index contributed by atoms with van der Waals surface area (Å²) in [6.07, 6.45) is 0.627. The number of carbonyl (C=O) groups is 1. The van der Waals surface area contributed by atoms with Gasteiger partial charge < -0.3 is 5.32 Å². The van der Waals surface area contributed by atoms with Crippen molar-refractivity contribution >= 4 is 24.2 Å². The predicted molar refractivity (Wildman–Crippen MR) is 82.7 cm³/mol. The summed E-state index contributed by atoms with van der Waals surface area (Å²) in [5.41, 5.74) is 3.05. The quantitative estimate of drug-likeness (QED) is 0.819.